The number of hydrogen-bond donors (Lipinski definition) is 2. The Balaban J connectivity index is 4.11. The summed E-state index contributed by atoms with van der Waals surface area (Å²) in [7, 11) is -4.21. The van der Waals surface area contributed by atoms with Crippen molar-refractivity contribution in [2.45, 2.75) is 6.92 Å². The predicted octanol–water partition coefficient (Wildman–Crippen LogP) is 0.797. The van der Waals surface area contributed by atoms with E-state index >= 15 is 0 Å². The zero-order chi connectivity index (χ0) is 10.6. The molecule has 0 spiro atoms. The number of ether oxygens (including phenoxy) is 1. The highest BCUT2D eigenvalue weighted by atomic mass is 31.2. The lowest BCUT2D eigenvalue weighted by molar-refractivity contribution is -0.134. The van der Waals surface area contributed by atoms with Gasteiger partial charge in [0.25, 0.3) is 0 Å². The van der Waals surface area contributed by atoms with E-state index < -0.39 is 19.7 Å². The first-order valence-corrected chi connectivity index (χ1v) is 5.12. The van der Waals surface area contributed by atoms with Crippen molar-refractivity contribution < 1.29 is 23.9 Å². The van der Waals surface area contributed by atoms with Gasteiger partial charge in [0, 0.05) is 5.57 Å². The van der Waals surface area contributed by atoms with Crippen LogP contribution in [0.15, 0.2) is 24.5 Å². The van der Waals surface area contributed by atoms with Crippen LogP contribution in [0.3, 0.4) is 0 Å². The molecule has 0 radical (unpaired) electrons. The second-order valence-corrected chi connectivity index (χ2v) is 4.18. The molecule has 13 heavy (non-hydrogen) atoms. The molecule has 6 heteroatoms. The predicted molar refractivity (Wildman–Crippen MR) is 47.0 cm³/mol. The number of carbonyl (C=O) groups is 1. The zero-order valence-electron chi connectivity index (χ0n) is 7.19. The Hall–Kier alpha value is -0.900. The molecule has 0 aliphatic rings. The van der Waals surface area contributed by atoms with Crippen LogP contribution in [0.1, 0.15) is 6.92 Å². The maximum absolute atomic E-state index is 10.8. The summed E-state index contributed by atoms with van der Waals surface area (Å²) in [6.45, 7) is 7.90. The van der Waals surface area contributed by atoms with Crippen LogP contribution in [0.25, 0.3) is 0 Å². The van der Waals surface area contributed by atoms with Gasteiger partial charge < -0.3 is 14.5 Å². The van der Waals surface area contributed by atoms with Gasteiger partial charge in [-0.05, 0) is 6.92 Å². The Morgan fingerprint density at radius 3 is 2.23 bits per heavy atom. The molecule has 0 rings (SSSR count). The molecule has 2 N–H and O–H groups in total. The fourth-order valence-electron chi connectivity index (χ4n) is 0.480. The highest BCUT2D eigenvalue weighted by Gasteiger charge is 2.17. The first-order valence-electron chi connectivity index (χ1n) is 3.32. The molecule has 0 heterocycles. The first kappa shape index (κ1) is 12.1. The van der Waals surface area contributed by atoms with E-state index in [-0.39, 0.29) is 11.3 Å². The van der Waals surface area contributed by atoms with Crippen molar-refractivity contribution in [2.75, 3.05) is 6.16 Å². The largest absolute Gasteiger partial charge is 0.428 e. The minimum Gasteiger partial charge on any atom is -0.428 e. The minimum absolute atomic E-state index is 0.145. The summed E-state index contributed by atoms with van der Waals surface area (Å²) in [5, 5.41) is 0. The summed E-state index contributed by atoms with van der Waals surface area (Å²) >= 11 is 0. The Kier molecular flexibility index (Phi) is 4.07. The van der Waals surface area contributed by atoms with Crippen LogP contribution in [-0.2, 0) is 14.1 Å². The molecular formula is C7H11O5P. The van der Waals surface area contributed by atoms with Crippen molar-refractivity contribution >= 4 is 13.6 Å². The fourth-order valence-corrected chi connectivity index (χ4v) is 1.00. The summed E-state index contributed by atoms with van der Waals surface area (Å²) in [4.78, 5) is 27.8. The van der Waals surface area contributed by atoms with Gasteiger partial charge in [0.2, 0.25) is 0 Å². The van der Waals surface area contributed by atoms with E-state index in [1.54, 1.807) is 0 Å². The van der Waals surface area contributed by atoms with Gasteiger partial charge in [0.1, 0.15) is 11.9 Å². The van der Waals surface area contributed by atoms with Gasteiger partial charge in [-0.25, -0.2) is 4.79 Å². The maximum Gasteiger partial charge on any atom is 0.338 e. The van der Waals surface area contributed by atoms with Gasteiger partial charge >= 0.3 is 13.6 Å². The lowest BCUT2D eigenvalue weighted by Gasteiger charge is -2.07. The number of allylic oxidation sites excluding steroid dienone is 1. The molecule has 0 aromatic heterocycles. The van der Waals surface area contributed by atoms with Gasteiger partial charge in [-0.1, -0.05) is 13.2 Å². The van der Waals surface area contributed by atoms with Crippen LogP contribution in [0.5, 0.6) is 0 Å². The topological polar surface area (TPSA) is 83.8 Å². The van der Waals surface area contributed by atoms with Crippen molar-refractivity contribution in [3.8, 4) is 0 Å². The molecule has 0 saturated carbocycles. The van der Waals surface area contributed by atoms with E-state index in [0.717, 1.165) is 0 Å². The number of esters is 1. The van der Waals surface area contributed by atoms with Gasteiger partial charge in [0.15, 0.2) is 0 Å². The summed E-state index contributed by atoms with van der Waals surface area (Å²) in [6.07, 6.45) is -0.661. The third-order valence-corrected chi connectivity index (χ3v) is 1.73. The van der Waals surface area contributed by atoms with Gasteiger partial charge in [-0.3, -0.25) is 4.57 Å². The summed E-state index contributed by atoms with van der Waals surface area (Å²) in [6, 6.07) is 0. The number of rotatable bonds is 4. The minimum atomic E-state index is -4.21. The van der Waals surface area contributed by atoms with Gasteiger partial charge in [-0.2, -0.15) is 0 Å². The van der Waals surface area contributed by atoms with E-state index in [0.29, 0.717) is 0 Å². The standard InChI is InChI=1S/C7H11O5P/c1-5(2)7(8)12-6(3)4-13(9,10)11/h1,3-4H2,2H3,(H2,9,10,11). The molecule has 5 nitrogen and oxygen atoms in total. The van der Waals surface area contributed by atoms with Crippen molar-refractivity contribution in [2.24, 2.45) is 0 Å². The highest BCUT2D eigenvalue weighted by molar-refractivity contribution is 7.52. The third-order valence-electron chi connectivity index (χ3n) is 0.968. The molecule has 0 aromatic carbocycles. The number of carbonyl (C=O) groups excluding carboxylic acids is 1. The van der Waals surface area contributed by atoms with Crippen LogP contribution < -0.4 is 0 Å². The first-order chi connectivity index (χ1) is 5.72. The van der Waals surface area contributed by atoms with Crippen molar-refractivity contribution in [3.63, 3.8) is 0 Å². The Bertz CT molecular complexity index is 287. The van der Waals surface area contributed by atoms with E-state index in [2.05, 4.69) is 17.9 Å². The quantitative estimate of drug-likeness (QED) is 0.307. The van der Waals surface area contributed by atoms with Crippen LogP contribution in [0.2, 0.25) is 0 Å². The summed E-state index contributed by atoms with van der Waals surface area (Å²) < 4.78 is 14.9. The average Bonchev–Trinajstić information content (AvgIpc) is 1.81. The fraction of sp³-hybridized carbons (Fsp3) is 0.286. The highest BCUT2D eigenvalue weighted by Crippen LogP contribution is 2.36. The van der Waals surface area contributed by atoms with Crippen LogP contribution in [0, 0.1) is 0 Å². The molecule has 0 aromatic rings. The molecule has 0 unspecified atom stereocenters. The smallest absolute Gasteiger partial charge is 0.338 e. The van der Waals surface area contributed by atoms with E-state index in [1.807, 2.05) is 0 Å². The summed E-state index contributed by atoms with van der Waals surface area (Å²) in [5.41, 5.74) is 0.145. The lowest BCUT2D eigenvalue weighted by atomic mass is 10.4. The van der Waals surface area contributed by atoms with Crippen LogP contribution >= 0.6 is 7.60 Å². The third kappa shape index (κ3) is 6.28. The maximum atomic E-state index is 10.8. The average molecular weight is 206 g/mol. The van der Waals surface area contributed by atoms with Gasteiger partial charge in [0.05, 0.1) is 0 Å². The van der Waals surface area contributed by atoms with Crippen LogP contribution in [-0.4, -0.2) is 21.9 Å². The molecule has 0 aliphatic carbocycles. The zero-order valence-corrected chi connectivity index (χ0v) is 8.08. The molecule has 0 atom stereocenters. The Morgan fingerprint density at radius 2 is 1.92 bits per heavy atom. The Labute approximate surface area is 75.9 Å². The Morgan fingerprint density at radius 1 is 1.46 bits per heavy atom. The molecule has 0 amide bonds. The summed E-state index contributed by atoms with van der Waals surface area (Å²) in [5.74, 6) is -1.00. The van der Waals surface area contributed by atoms with Crippen LogP contribution in [0.4, 0.5) is 0 Å². The molecule has 0 fully saturated rings. The lowest BCUT2D eigenvalue weighted by Crippen LogP contribution is -2.06. The normalized spacial score (nSPS) is 10.7. The number of hydrogen-bond acceptors (Lipinski definition) is 3. The molecule has 74 valence electrons. The van der Waals surface area contributed by atoms with Crippen molar-refractivity contribution in [1.82, 2.24) is 0 Å². The van der Waals surface area contributed by atoms with E-state index in [1.165, 1.54) is 6.92 Å². The SMILES string of the molecule is C=C(CP(=O)(O)O)OC(=O)C(=C)C. The van der Waals surface area contributed by atoms with Crippen molar-refractivity contribution in [1.29, 1.82) is 0 Å². The second-order valence-electron chi connectivity index (χ2n) is 2.53. The molecule has 0 bridgehead atoms. The second kappa shape index (κ2) is 4.37. The van der Waals surface area contributed by atoms with E-state index in [4.69, 9.17) is 9.79 Å². The molecule has 0 aliphatic heterocycles. The monoisotopic (exact) mass is 206 g/mol. The van der Waals surface area contributed by atoms with E-state index in [9.17, 15) is 9.36 Å². The van der Waals surface area contributed by atoms with Gasteiger partial charge in [-0.15, -0.1) is 0 Å². The molecule has 0 saturated heterocycles. The van der Waals surface area contributed by atoms with Crippen molar-refractivity contribution in [3.05, 3.63) is 24.5 Å². The molecular weight excluding hydrogens is 195 g/mol.